The van der Waals surface area contributed by atoms with E-state index in [1.807, 2.05) is 0 Å². The van der Waals surface area contributed by atoms with Gasteiger partial charge in [0.15, 0.2) is 0 Å². The summed E-state index contributed by atoms with van der Waals surface area (Å²) in [6, 6.07) is 14.1. The van der Waals surface area contributed by atoms with Crippen LogP contribution in [0.2, 0.25) is 0 Å². The Bertz CT molecular complexity index is 591. The van der Waals surface area contributed by atoms with Crippen molar-refractivity contribution in [2.45, 2.75) is 13.0 Å². The monoisotopic (exact) mass is 271 g/mol. The topological polar surface area (TPSA) is 58.6 Å². The first kappa shape index (κ1) is 14.1. The van der Waals surface area contributed by atoms with Crippen LogP contribution in [0.25, 0.3) is 0 Å². The maximum Gasteiger partial charge on any atom is 0.255 e. The summed E-state index contributed by atoms with van der Waals surface area (Å²) in [6.45, 7) is 1.70. The van der Waals surface area contributed by atoms with Gasteiger partial charge < -0.3 is 15.2 Å². The van der Waals surface area contributed by atoms with Gasteiger partial charge in [-0.2, -0.15) is 0 Å². The van der Waals surface area contributed by atoms with Gasteiger partial charge in [-0.15, -0.1) is 0 Å². The third-order valence-corrected chi connectivity index (χ3v) is 2.98. The van der Waals surface area contributed by atoms with Crippen molar-refractivity contribution in [1.29, 1.82) is 0 Å². The van der Waals surface area contributed by atoms with E-state index in [-0.39, 0.29) is 5.91 Å². The van der Waals surface area contributed by atoms with Crippen molar-refractivity contribution in [1.82, 2.24) is 0 Å². The molecular weight excluding hydrogens is 254 g/mol. The first-order valence-electron chi connectivity index (χ1n) is 6.33. The SMILES string of the molecule is COc1cccc(C(=O)Nc2ccc([C@@H](C)O)cc2)c1. The van der Waals surface area contributed by atoms with E-state index in [4.69, 9.17) is 4.74 Å². The van der Waals surface area contributed by atoms with Crippen molar-refractivity contribution < 1.29 is 14.6 Å². The maximum absolute atomic E-state index is 12.1. The molecule has 0 aliphatic rings. The largest absolute Gasteiger partial charge is 0.497 e. The Kier molecular flexibility index (Phi) is 4.38. The highest BCUT2D eigenvalue weighted by atomic mass is 16.5. The summed E-state index contributed by atoms with van der Waals surface area (Å²) < 4.78 is 5.09. The van der Waals surface area contributed by atoms with Gasteiger partial charge in [0, 0.05) is 11.3 Å². The van der Waals surface area contributed by atoms with Gasteiger partial charge >= 0.3 is 0 Å². The first-order chi connectivity index (χ1) is 9.60. The minimum Gasteiger partial charge on any atom is -0.497 e. The number of methoxy groups -OCH3 is 1. The Labute approximate surface area is 118 Å². The summed E-state index contributed by atoms with van der Waals surface area (Å²) in [7, 11) is 1.56. The van der Waals surface area contributed by atoms with Crippen LogP contribution < -0.4 is 10.1 Å². The van der Waals surface area contributed by atoms with Gasteiger partial charge in [-0.3, -0.25) is 4.79 Å². The molecule has 0 saturated heterocycles. The molecule has 2 rings (SSSR count). The molecule has 0 spiro atoms. The highest BCUT2D eigenvalue weighted by Crippen LogP contribution is 2.17. The highest BCUT2D eigenvalue weighted by molar-refractivity contribution is 6.04. The van der Waals surface area contributed by atoms with Crippen molar-refractivity contribution >= 4 is 11.6 Å². The van der Waals surface area contributed by atoms with Crippen LogP contribution in [0.1, 0.15) is 28.9 Å². The number of nitrogens with one attached hydrogen (secondary N) is 1. The molecule has 0 saturated carbocycles. The van der Waals surface area contributed by atoms with E-state index in [1.165, 1.54) is 0 Å². The summed E-state index contributed by atoms with van der Waals surface area (Å²) in [5.41, 5.74) is 2.02. The molecule has 2 aromatic carbocycles. The maximum atomic E-state index is 12.1. The van der Waals surface area contributed by atoms with Crippen LogP contribution in [0, 0.1) is 0 Å². The molecule has 0 bridgehead atoms. The summed E-state index contributed by atoms with van der Waals surface area (Å²) in [5.74, 6) is 0.441. The molecule has 104 valence electrons. The normalized spacial score (nSPS) is 11.8. The molecule has 0 radical (unpaired) electrons. The zero-order chi connectivity index (χ0) is 14.5. The van der Waals surface area contributed by atoms with Crippen LogP contribution in [-0.4, -0.2) is 18.1 Å². The molecule has 2 aromatic rings. The molecule has 0 unspecified atom stereocenters. The van der Waals surface area contributed by atoms with Crippen LogP contribution in [0.3, 0.4) is 0 Å². The smallest absolute Gasteiger partial charge is 0.255 e. The van der Waals surface area contributed by atoms with Crippen molar-refractivity contribution in [2.24, 2.45) is 0 Å². The molecule has 1 amide bonds. The fraction of sp³-hybridized carbons (Fsp3) is 0.188. The number of aliphatic hydroxyl groups excluding tert-OH is 1. The molecular formula is C16H17NO3. The van der Waals surface area contributed by atoms with Crippen molar-refractivity contribution in [3.05, 3.63) is 59.7 Å². The molecule has 2 N–H and O–H groups in total. The van der Waals surface area contributed by atoms with Crippen LogP contribution >= 0.6 is 0 Å². The Morgan fingerprint density at radius 1 is 1.20 bits per heavy atom. The quantitative estimate of drug-likeness (QED) is 0.898. The lowest BCUT2D eigenvalue weighted by molar-refractivity contribution is 0.102. The molecule has 0 fully saturated rings. The fourth-order valence-corrected chi connectivity index (χ4v) is 1.81. The highest BCUT2D eigenvalue weighted by Gasteiger charge is 2.07. The minimum absolute atomic E-state index is 0.200. The van der Waals surface area contributed by atoms with Gasteiger partial charge in [-0.25, -0.2) is 0 Å². The number of rotatable bonds is 4. The average Bonchev–Trinajstić information content (AvgIpc) is 2.47. The standard InChI is InChI=1S/C16H17NO3/c1-11(18)12-6-8-14(9-7-12)17-16(19)13-4-3-5-15(10-13)20-2/h3-11,18H,1-2H3,(H,17,19)/t11-/m1/s1. The summed E-state index contributed by atoms with van der Waals surface area (Å²) in [4.78, 5) is 12.1. The zero-order valence-corrected chi connectivity index (χ0v) is 11.5. The number of anilines is 1. The Morgan fingerprint density at radius 3 is 2.50 bits per heavy atom. The molecule has 0 heterocycles. The molecule has 0 aromatic heterocycles. The lowest BCUT2D eigenvalue weighted by Crippen LogP contribution is -2.11. The van der Waals surface area contributed by atoms with Crippen LogP contribution in [-0.2, 0) is 0 Å². The molecule has 4 nitrogen and oxygen atoms in total. The number of benzene rings is 2. The Balaban J connectivity index is 2.10. The zero-order valence-electron chi connectivity index (χ0n) is 11.5. The number of ether oxygens (including phenoxy) is 1. The number of hydrogen-bond donors (Lipinski definition) is 2. The summed E-state index contributed by atoms with van der Waals surface area (Å²) >= 11 is 0. The minimum atomic E-state index is -0.516. The number of hydrogen-bond acceptors (Lipinski definition) is 3. The number of amides is 1. The second kappa shape index (κ2) is 6.21. The third kappa shape index (κ3) is 3.36. The predicted octanol–water partition coefficient (Wildman–Crippen LogP) is 3.00. The lowest BCUT2D eigenvalue weighted by Gasteiger charge is -2.08. The van der Waals surface area contributed by atoms with E-state index in [0.29, 0.717) is 17.0 Å². The van der Waals surface area contributed by atoms with Gasteiger partial charge in [0.2, 0.25) is 0 Å². The first-order valence-corrected chi connectivity index (χ1v) is 6.33. The summed E-state index contributed by atoms with van der Waals surface area (Å²) in [5, 5.41) is 12.2. The van der Waals surface area contributed by atoms with Gasteiger partial charge in [-0.1, -0.05) is 18.2 Å². The van der Waals surface area contributed by atoms with Crippen molar-refractivity contribution in [3.63, 3.8) is 0 Å². The van der Waals surface area contributed by atoms with Gasteiger partial charge in [-0.05, 0) is 42.8 Å². The molecule has 1 atom stereocenters. The van der Waals surface area contributed by atoms with Crippen LogP contribution in [0.15, 0.2) is 48.5 Å². The molecule has 0 aliphatic carbocycles. The third-order valence-electron chi connectivity index (χ3n) is 2.98. The van der Waals surface area contributed by atoms with Gasteiger partial charge in [0.1, 0.15) is 5.75 Å². The van der Waals surface area contributed by atoms with Gasteiger partial charge in [0.05, 0.1) is 13.2 Å². The second-order valence-corrected chi connectivity index (χ2v) is 4.48. The van der Waals surface area contributed by atoms with Gasteiger partial charge in [0.25, 0.3) is 5.91 Å². The van der Waals surface area contributed by atoms with Crippen molar-refractivity contribution in [2.75, 3.05) is 12.4 Å². The van der Waals surface area contributed by atoms with E-state index in [0.717, 1.165) is 5.56 Å². The average molecular weight is 271 g/mol. The van der Waals surface area contributed by atoms with E-state index in [2.05, 4.69) is 5.32 Å². The lowest BCUT2D eigenvalue weighted by atomic mass is 10.1. The van der Waals surface area contributed by atoms with E-state index >= 15 is 0 Å². The molecule has 20 heavy (non-hydrogen) atoms. The van der Waals surface area contributed by atoms with E-state index < -0.39 is 6.10 Å². The second-order valence-electron chi connectivity index (χ2n) is 4.48. The number of carbonyl (C=O) groups is 1. The van der Waals surface area contributed by atoms with Crippen LogP contribution in [0.4, 0.5) is 5.69 Å². The Morgan fingerprint density at radius 2 is 1.90 bits per heavy atom. The van der Waals surface area contributed by atoms with Crippen LogP contribution in [0.5, 0.6) is 5.75 Å². The molecule has 0 aliphatic heterocycles. The summed E-state index contributed by atoms with van der Waals surface area (Å²) in [6.07, 6.45) is -0.516. The number of carbonyl (C=O) groups excluding carboxylic acids is 1. The molecule has 4 heteroatoms. The predicted molar refractivity (Wildman–Crippen MR) is 78.0 cm³/mol. The van der Waals surface area contributed by atoms with E-state index in [9.17, 15) is 9.90 Å². The fourth-order valence-electron chi connectivity index (χ4n) is 1.81. The number of aliphatic hydroxyl groups is 1. The Hall–Kier alpha value is -2.33. The van der Waals surface area contributed by atoms with Crippen molar-refractivity contribution in [3.8, 4) is 5.75 Å². The van der Waals surface area contributed by atoms with E-state index in [1.54, 1.807) is 62.6 Å².